The Morgan fingerprint density at radius 2 is 2.12 bits per heavy atom. The molecule has 1 aliphatic rings. The van der Waals surface area contributed by atoms with Crippen LogP contribution in [-0.2, 0) is 9.59 Å². The Labute approximate surface area is 106 Å². The Balaban J connectivity index is 2.81. The van der Waals surface area contributed by atoms with Crippen LogP contribution in [0.5, 0.6) is 0 Å². The zero-order chi connectivity index (χ0) is 12.8. The van der Waals surface area contributed by atoms with E-state index in [1.165, 1.54) is 4.90 Å². The third kappa shape index (κ3) is 4.20. The number of hydrogen-bond acceptors (Lipinski definition) is 4. The number of carboxylic acid groups (broad SMARTS) is 1. The van der Waals surface area contributed by atoms with E-state index in [0.29, 0.717) is 13.0 Å². The second kappa shape index (κ2) is 6.86. The molecule has 0 aromatic rings. The zero-order valence-corrected chi connectivity index (χ0v) is 10.9. The van der Waals surface area contributed by atoms with Gasteiger partial charge in [0.15, 0.2) is 0 Å². The lowest BCUT2D eigenvalue weighted by Gasteiger charge is -2.29. The van der Waals surface area contributed by atoms with E-state index < -0.39 is 18.1 Å². The molecule has 0 unspecified atom stereocenters. The van der Waals surface area contributed by atoms with Crippen molar-refractivity contribution < 1.29 is 14.7 Å². The van der Waals surface area contributed by atoms with Crippen LogP contribution in [0.15, 0.2) is 0 Å². The van der Waals surface area contributed by atoms with E-state index in [1.54, 1.807) is 18.7 Å². The van der Waals surface area contributed by atoms with Gasteiger partial charge >= 0.3 is 5.97 Å². The van der Waals surface area contributed by atoms with Crippen molar-refractivity contribution in [3.05, 3.63) is 0 Å². The fourth-order valence-corrected chi connectivity index (χ4v) is 2.84. The van der Waals surface area contributed by atoms with Gasteiger partial charge in [-0.25, -0.2) is 4.79 Å². The van der Waals surface area contributed by atoms with Crippen molar-refractivity contribution in [1.82, 2.24) is 4.90 Å². The summed E-state index contributed by atoms with van der Waals surface area (Å²) in [5.74, 6) is 0.625. The number of nitrogens with zero attached hydrogens (tertiary/aromatic N) is 1. The lowest BCUT2D eigenvalue weighted by molar-refractivity contribution is -0.150. The fraction of sp³-hybridized carbons (Fsp3) is 0.818. The SMILES string of the molecule is C[C@H](N)C(=O)N1CCSCCCC[C@H]1C(=O)O. The van der Waals surface area contributed by atoms with Crippen LogP contribution in [0.2, 0.25) is 0 Å². The van der Waals surface area contributed by atoms with Crippen molar-refractivity contribution in [2.75, 3.05) is 18.1 Å². The fourth-order valence-electron chi connectivity index (χ4n) is 1.90. The standard InChI is InChI=1S/C11H20N2O3S/c1-8(12)10(14)13-5-7-17-6-3-2-4-9(13)11(15)16/h8-9H,2-7,12H2,1H3,(H,15,16)/t8-,9-/m0/s1. The van der Waals surface area contributed by atoms with E-state index in [2.05, 4.69) is 0 Å². The van der Waals surface area contributed by atoms with Crippen molar-refractivity contribution in [1.29, 1.82) is 0 Å². The summed E-state index contributed by atoms with van der Waals surface area (Å²) in [4.78, 5) is 24.6. The molecule has 0 bridgehead atoms. The van der Waals surface area contributed by atoms with Crippen LogP contribution in [-0.4, -0.2) is 52.0 Å². The molecule has 0 radical (unpaired) electrons. The summed E-state index contributed by atoms with van der Waals surface area (Å²) in [6, 6.07) is -1.35. The third-order valence-corrected chi connectivity index (χ3v) is 3.88. The first-order valence-corrected chi connectivity index (χ1v) is 7.06. The lowest BCUT2D eigenvalue weighted by atomic mass is 10.1. The van der Waals surface area contributed by atoms with Gasteiger partial charge in [0.25, 0.3) is 0 Å². The number of amides is 1. The second-order valence-corrected chi connectivity index (χ2v) is 5.51. The van der Waals surface area contributed by atoms with Gasteiger partial charge in [0.05, 0.1) is 6.04 Å². The molecule has 1 rings (SSSR count). The van der Waals surface area contributed by atoms with Crippen LogP contribution in [0.1, 0.15) is 26.2 Å². The maximum absolute atomic E-state index is 11.9. The van der Waals surface area contributed by atoms with Crippen molar-refractivity contribution in [2.45, 2.75) is 38.3 Å². The summed E-state index contributed by atoms with van der Waals surface area (Å²) in [7, 11) is 0. The average Bonchev–Trinajstić information content (AvgIpc) is 2.38. The van der Waals surface area contributed by atoms with Crippen molar-refractivity contribution in [3.8, 4) is 0 Å². The van der Waals surface area contributed by atoms with E-state index in [0.717, 1.165) is 24.3 Å². The van der Waals surface area contributed by atoms with Crippen LogP contribution < -0.4 is 5.73 Å². The molecule has 6 heteroatoms. The molecule has 0 aliphatic carbocycles. The lowest BCUT2D eigenvalue weighted by Crippen LogP contribution is -2.51. The van der Waals surface area contributed by atoms with Gasteiger partial charge < -0.3 is 15.7 Å². The zero-order valence-electron chi connectivity index (χ0n) is 10.1. The number of thioether (sulfide) groups is 1. The maximum Gasteiger partial charge on any atom is 0.326 e. The minimum Gasteiger partial charge on any atom is -0.480 e. The van der Waals surface area contributed by atoms with Crippen molar-refractivity contribution in [3.63, 3.8) is 0 Å². The number of carbonyl (C=O) groups is 2. The molecule has 17 heavy (non-hydrogen) atoms. The molecule has 2 atom stereocenters. The Morgan fingerprint density at radius 1 is 1.41 bits per heavy atom. The normalized spacial score (nSPS) is 24.4. The quantitative estimate of drug-likeness (QED) is 0.757. The third-order valence-electron chi connectivity index (χ3n) is 2.83. The first kappa shape index (κ1) is 14.3. The van der Waals surface area contributed by atoms with E-state index in [9.17, 15) is 14.7 Å². The van der Waals surface area contributed by atoms with Gasteiger partial charge in [-0.15, -0.1) is 0 Å². The van der Waals surface area contributed by atoms with Crippen molar-refractivity contribution >= 4 is 23.6 Å². The molecule has 3 N–H and O–H groups in total. The number of rotatable bonds is 2. The summed E-state index contributed by atoms with van der Waals surface area (Å²) >= 11 is 1.76. The second-order valence-electron chi connectivity index (χ2n) is 4.28. The largest absolute Gasteiger partial charge is 0.480 e. The van der Waals surface area contributed by atoms with E-state index in [4.69, 9.17) is 5.73 Å². The van der Waals surface area contributed by atoms with Gasteiger partial charge in [0, 0.05) is 12.3 Å². The molecule has 0 aromatic carbocycles. The van der Waals surface area contributed by atoms with Crippen LogP contribution in [0.3, 0.4) is 0 Å². The van der Waals surface area contributed by atoms with E-state index >= 15 is 0 Å². The Hall–Kier alpha value is -0.750. The molecule has 1 saturated heterocycles. The molecule has 0 spiro atoms. The number of hydrogen-bond donors (Lipinski definition) is 2. The number of carboxylic acids is 1. The van der Waals surface area contributed by atoms with Crippen LogP contribution >= 0.6 is 11.8 Å². The summed E-state index contributed by atoms with van der Waals surface area (Å²) in [6.45, 7) is 2.07. The molecule has 0 aromatic heterocycles. The highest BCUT2D eigenvalue weighted by atomic mass is 32.2. The molecule has 98 valence electrons. The van der Waals surface area contributed by atoms with Gasteiger partial charge in [0.1, 0.15) is 6.04 Å². The predicted octanol–water partition coefficient (Wildman–Crippen LogP) is 0.532. The summed E-state index contributed by atoms with van der Waals surface area (Å²) in [5.41, 5.74) is 5.57. The molecule has 1 heterocycles. The first-order chi connectivity index (χ1) is 8.04. The minimum atomic E-state index is -0.925. The molecule has 5 nitrogen and oxygen atoms in total. The van der Waals surface area contributed by atoms with Gasteiger partial charge in [-0.05, 0) is 31.9 Å². The van der Waals surface area contributed by atoms with Crippen LogP contribution in [0, 0.1) is 0 Å². The number of nitrogens with two attached hydrogens (primary N) is 1. The predicted molar refractivity (Wildman–Crippen MR) is 68.0 cm³/mol. The minimum absolute atomic E-state index is 0.264. The van der Waals surface area contributed by atoms with Gasteiger partial charge in [-0.1, -0.05) is 0 Å². The summed E-state index contributed by atoms with van der Waals surface area (Å²) < 4.78 is 0. The van der Waals surface area contributed by atoms with Crippen LogP contribution in [0.4, 0.5) is 0 Å². The smallest absolute Gasteiger partial charge is 0.326 e. The monoisotopic (exact) mass is 260 g/mol. The molecular weight excluding hydrogens is 240 g/mol. The number of carbonyl (C=O) groups excluding carboxylic acids is 1. The molecular formula is C11H20N2O3S. The Morgan fingerprint density at radius 3 is 2.71 bits per heavy atom. The van der Waals surface area contributed by atoms with Crippen molar-refractivity contribution in [2.24, 2.45) is 5.73 Å². The maximum atomic E-state index is 11.9. The summed E-state index contributed by atoms with van der Waals surface area (Å²) in [5, 5.41) is 9.21. The molecule has 1 aliphatic heterocycles. The number of aliphatic carboxylic acids is 1. The Kier molecular flexibility index (Phi) is 5.77. The van der Waals surface area contributed by atoms with Crippen LogP contribution in [0.25, 0.3) is 0 Å². The highest BCUT2D eigenvalue weighted by Gasteiger charge is 2.30. The topological polar surface area (TPSA) is 83.6 Å². The molecule has 0 saturated carbocycles. The van der Waals surface area contributed by atoms with Gasteiger partial charge in [-0.3, -0.25) is 4.79 Å². The molecule has 1 amide bonds. The summed E-state index contributed by atoms with van der Waals surface area (Å²) in [6.07, 6.45) is 2.37. The highest BCUT2D eigenvalue weighted by Crippen LogP contribution is 2.17. The highest BCUT2D eigenvalue weighted by molar-refractivity contribution is 7.99. The molecule has 1 fully saturated rings. The average molecular weight is 260 g/mol. The van der Waals surface area contributed by atoms with Gasteiger partial charge in [0.2, 0.25) is 5.91 Å². The van der Waals surface area contributed by atoms with Gasteiger partial charge in [-0.2, -0.15) is 11.8 Å². The Bertz CT molecular complexity index is 284. The van der Waals surface area contributed by atoms with E-state index in [1.807, 2.05) is 0 Å². The van der Waals surface area contributed by atoms with E-state index in [-0.39, 0.29) is 5.91 Å². The first-order valence-electron chi connectivity index (χ1n) is 5.90.